The van der Waals surface area contributed by atoms with Gasteiger partial charge in [0.15, 0.2) is 23.0 Å². The smallest absolute Gasteiger partial charge is 0.238 e. The summed E-state index contributed by atoms with van der Waals surface area (Å²) < 4.78 is 30.0. The van der Waals surface area contributed by atoms with Crippen LogP contribution >= 0.6 is 22.6 Å². The molecule has 5 aromatic rings. The first kappa shape index (κ1) is 24.5. The second kappa shape index (κ2) is 11.2. The van der Waals surface area contributed by atoms with E-state index in [1.807, 2.05) is 49.4 Å². The van der Waals surface area contributed by atoms with Crippen LogP contribution in [0, 0.1) is 14.9 Å². The van der Waals surface area contributed by atoms with Crippen LogP contribution in [-0.2, 0) is 6.61 Å². The Morgan fingerprint density at radius 2 is 1.73 bits per heavy atom. The maximum Gasteiger partial charge on any atom is 0.238 e. The van der Waals surface area contributed by atoms with Gasteiger partial charge in [-0.2, -0.15) is 5.26 Å². The summed E-state index contributed by atoms with van der Waals surface area (Å²) in [7, 11) is 0. The molecule has 5 rings (SSSR count). The van der Waals surface area contributed by atoms with E-state index < -0.39 is 0 Å². The highest BCUT2D eigenvalue weighted by Crippen LogP contribution is 2.43. The van der Waals surface area contributed by atoms with Gasteiger partial charge in [0.1, 0.15) is 24.0 Å². The van der Waals surface area contributed by atoms with E-state index >= 15 is 0 Å². The van der Waals surface area contributed by atoms with Crippen molar-refractivity contribution in [3.63, 3.8) is 0 Å². The first-order chi connectivity index (χ1) is 18.2. The number of ether oxygens (including phenoxy) is 2. The van der Waals surface area contributed by atoms with Crippen LogP contribution in [0.3, 0.4) is 0 Å². The third kappa shape index (κ3) is 5.32. The van der Waals surface area contributed by atoms with Gasteiger partial charge in [-0.05, 0) is 77.0 Å². The number of nitriles is 1. The molecule has 184 valence electrons. The van der Waals surface area contributed by atoms with E-state index in [1.54, 1.807) is 30.5 Å². The number of aliphatic imine (C=N–C) groups is 1. The number of rotatable bonds is 9. The third-order valence-electron chi connectivity index (χ3n) is 5.40. The van der Waals surface area contributed by atoms with Crippen LogP contribution in [0.1, 0.15) is 23.6 Å². The summed E-state index contributed by atoms with van der Waals surface area (Å²) in [5, 5.41) is 9.96. The lowest BCUT2D eigenvalue weighted by molar-refractivity contribution is 0.267. The zero-order valence-electron chi connectivity index (χ0n) is 19.8. The predicted molar refractivity (Wildman–Crippen MR) is 147 cm³/mol. The van der Waals surface area contributed by atoms with Gasteiger partial charge >= 0.3 is 0 Å². The van der Waals surface area contributed by atoms with Crippen molar-refractivity contribution in [1.29, 1.82) is 5.26 Å². The van der Waals surface area contributed by atoms with E-state index in [0.29, 0.717) is 47.6 Å². The van der Waals surface area contributed by atoms with Crippen LogP contribution in [0.15, 0.2) is 97.5 Å². The van der Waals surface area contributed by atoms with Crippen molar-refractivity contribution in [2.24, 2.45) is 4.99 Å². The molecule has 3 aromatic heterocycles. The Morgan fingerprint density at radius 3 is 2.41 bits per heavy atom. The van der Waals surface area contributed by atoms with Crippen molar-refractivity contribution in [3.8, 4) is 40.4 Å². The van der Waals surface area contributed by atoms with Gasteiger partial charge in [-0.3, -0.25) is 0 Å². The molecule has 0 amide bonds. The van der Waals surface area contributed by atoms with Gasteiger partial charge in [-0.1, -0.05) is 30.3 Å². The fourth-order valence-electron chi connectivity index (χ4n) is 3.78. The van der Waals surface area contributed by atoms with E-state index in [9.17, 15) is 5.26 Å². The normalized spacial score (nSPS) is 11.1. The molecule has 0 saturated heterocycles. The van der Waals surface area contributed by atoms with Crippen molar-refractivity contribution in [2.45, 2.75) is 13.5 Å². The summed E-state index contributed by atoms with van der Waals surface area (Å²) in [6, 6.07) is 22.9. The lowest BCUT2D eigenvalue weighted by atomic mass is 10.1. The zero-order chi connectivity index (χ0) is 25.6. The second-order valence-electron chi connectivity index (χ2n) is 7.85. The van der Waals surface area contributed by atoms with Gasteiger partial charge in [0.2, 0.25) is 5.88 Å². The Morgan fingerprint density at radius 1 is 0.973 bits per heavy atom. The molecule has 8 heteroatoms. The van der Waals surface area contributed by atoms with E-state index in [4.69, 9.17) is 22.7 Å². The molecule has 3 heterocycles. The van der Waals surface area contributed by atoms with Crippen LogP contribution in [-0.4, -0.2) is 12.8 Å². The van der Waals surface area contributed by atoms with Crippen LogP contribution < -0.4 is 9.47 Å². The van der Waals surface area contributed by atoms with Gasteiger partial charge in [0, 0.05) is 6.21 Å². The molecule has 0 aliphatic rings. The molecule has 7 nitrogen and oxygen atoms in total. The van der Waals surface area contributed by atoms with Crippen molar-refractivity contribution in [1.82, 2.24) is 0 Å². The quantitative estimate of drug-likeness (QED) is 0.125. The molecule has 37 heavy (non-hydrogen) atoms. The minimum atomic E-state index is 0.151. The summed E-state index contributed by atoms with van der Waals surface area (Å²) in [5.41, 5.74) is 2.57. The Labute approximate surface area is 227 Å². The van der Waals surface area contributed by atoms with E-state index in [1.165, 1.54) is 12.5 Å². The highest BCUT2D eigenvalue weighted by molar-refractivity contribution is 14.1. The predicted octanol–water partition coefficient (Wildman–Crippen LogP) is 8.00. The Hall–Kier alpha value is -4.23. The number of benzene rings is 2. The Balaban J connectivity index is 1.49. The van der Waals surface area contributed by atoms with E-state index in [-0.39, 0.29) is 11.4 Å². The lowest BCUT2D eigenvalue weighted by Gasteiger charge is -2.14. The number of nitrogens with zero attached hydrogens (tertiary/aromatic N) is 2. The maximum atomic E-state index is 9.96. The first-order valence-electron chi connectivity index (χ1n) is 11.5. The molecule has 0 saturated carbocycles. The summed E-state index contributed by atoms with van der Waals surface area (Å²) >= 11 is 2.22. The monoisotopic (exact) mass is 604 g/mol. The fraction of sp³-hybridized carbons (Fsp3) is 0.103. The van der Waals surface area contributed by atoms with Gasteiger partial charge in [0.05, 0.1) is 28.3 Å². The molecule has 0 N–H and O–H groups in total. The van der Waals surface area contributed by atoms with Crippen LogP contribution in [0.4, 0.5) is 5.88 Å². The summed E-state index contributed by atoms with van der Waals surface area (Å²) in [6.45, 7) is 2.82. The number of hydrogen-bond donors (Lipinski definition) is 0. The van der Waals surface area contributed by atoms with Crippen LogP contribution in [0.2, 0.25) is 0 Å². The molecule has 0 atom stereocenters. The second-order valence-corrected chi connectivity index (χ2v) is 9.01. The van der Waals surface area contributed by atoms with Crippen LogP contribution in [0.5, 0.6) is 11.5 Å². The van der Waals surface area contributed by atoms with E-state index in [0.717, 1.165) is 14.7 Å². The SMILES string of the molecule is CCOc1cc(C=Nc2oc(-c3ccco3)c(-c3ccco3)c2C#N)cc(I)c1OCc1ccccc1. The molecular formula is C29H21IN2O5. The largest absolute Gasteiger partial charge is 0.490 e. The van der Waals surface area contributed by atoms with Crippen molar-refractivity contribution in [2.75, 3.05) is 6.61 Å². The minimum Gasteiger partial charge on any atom is -0.490 e. The van der Waals surface area contributed by atoms with Gasteiger partial charge < -0.3 is 22.7 Å². The molecule has 0 aliphatic carbocycles. The lowest BCUT2D eigenvalue weighted by Crippen LogP contribution is -2.02. The van der Waals surface area contributed by atoms with Crippen molar-refractivity contribution in [3.05, 3.63) is 99.5 Å². The summed E-state index contributed by atoms with van der Waals surface area (Å²) in [6.07, 6.45) is 4.71. The standard InChI is InChI=1S/C29H21IN2O5/c1-2-33-25-15-20(14-22(30)27(25)36-18-19-8-4-3-5-9-19)17-32-29-21(16-31)26(23-10-6-12-34-23)28(37-29)24-11-7-13-35-24/h3-15,17H,2,18H2,1H3. The summed E-state index contributed by atoms with van der Waals surface area (Å²) in [5.74, 6) is 2.76. The fourth-order valence-corrected chi connectivity index (χ4v) is 4.56. The summed E-state index contributed by atoms with van der Waals surface area (Å²) in [4.78, 5) is 4.52. The molecule has 0 spiro atoms. The molecule has 2 aromatic carbocycles. The average Bonchev–Trinajstić information content (AvgIpc) is 3.68. The highest BCUT2D eigenvalue weighted by Gasteiger charge is 2.26. The van der Waals surface area contributed by atoms with Crippen LogP contribution in [0.25, 0.3) is 22.8 Å². The first-order valence-corrected chi connectivity index (χ1v) is 12.6. The minimum absolute atomic E-state index is 0.151. The van der Waals surface area contributed by atoms with Gasteiger partial charge in [0.25, 0.3) is 0 Å². The van der Waals surface area contributed by atoms with Gasteiger partial charge in [-0.25, -0.2) is 4.99 Å². The number of furan rings is 3. The van der Waals surface area contributed by atoms with Gasteiger partial charge in [-0.15, -0.1) is 0 Å². The maximum absolute atomic E-state index is 9.96. The molecule has 0 fully saturated rings. The van der Waals surface area contributed by atoms with Crippen molar-refractivity contribution >= 4 is 34.7 Å². The molecular weight excluding hydrogens is 583 g/mol. The molecule has 0 bridgehead atoms. The number of hydrogen-bond acceptors (Lipinski definition) is 7. The third-order valence-corrected chi connectivity index (χ3v) is 6.20. The molecule has 0 unspecified atom stereocenters. The Bertz CT molecular complexity index is 1550. The zero-order valence-corrected chi connectivity index (χ0v) is 22.0. The Kier molecular flexibility index (Phi) is 7.42. The number of halogens is 1. The molecule has 0 radical (unpaired) electrons. The van der Waals surface area contributed by atoms with Crippen molar-refractivity contribution < 1.29 is 22.7 Å². The topological polar surface area (TPSA) is 94.0 Å². The average molecular weight is 604 g/mol. The van der Waals surface area contributed by atoms with E-state index in [2.05, 4.69) is 33.7 Å². The molecule has 0 aliphatic heterocycles. The highest BCUT2D eigenvalue weighted by atomic mass is 127.